The zero-order valence-electron chi connectivity index (χ0n) is 19.6. The third kappa shape index (κ3) is 5.27. The zero-order chi connectivity index (χ0) is 22.8. The molecule has 7 heteroatoms. The Balaban J connectivity index is 1.11. The van der Waals surface area contributed by atoms with Crippen LogP contribution >= 0.6 is 0 Å². The predicted octanol–water partition coefficient (Wildman–Crippen LogP) is 2.81. The molecule has 178 valence electrons. The summed E-state index contributed by atoms with van der Waals surface area (Å²) in [4.78, 5) is 8.02. The number of rotatable bonds is 7. The van der Waals surface area contributed by atoms with Crippen LogP contribution in [0.5, 0.6) is 0 Å². The molecule has 4 atom stereocenters. The average molecular weight is 469 g/mol. The molecule has 0 radical (unpaired) electrons. The van der Waals surface area contributed by atoms with Crippen LogP contribution in [0.2, 0.25) is 0 Å². The first-order valence-electron chi connectivity index (χ1n) is 12.3. The third-order valence-electron chi connectivity index (χ3n) is 7.84. The maximum atomic E-state index is 12.7. The number of para-hydroxylation sites is 1. The first-order chi connectivity index (χ1) is 16.0. The van der Waals surface area contributed by atoms with Crippen molar-refractivity contribution in [2.45, 2.75) is 30.7 Å². The highest BCUT2D eigenvalue weighted by atomic mass is 32.2. The van der Waals surface area contributed by atoms with E-state index in [0.29, 0.717) is 29.3 Å². The summed E-state index contributed by atoms with van der Waals surface area (Å²) in [7, 11) is -3.45. The Morgan fingerprint density at radius 1 is 0.939 bits per heavy atom. The molecule has 1 N–H and O–H groups in total. The van der Waals surface area contributed by atoms with E-state index in [1.165, 1.54) is 18.7 Å². The van der Waals surface area contributed by atoms with Gasteiger partial charge in [0.2, 0.25) is 10.0 Å². The quantitative estimate of drug-likeness (QED) is 0.677. The topological polar surface area (TPSA) is 55.9 Å². The van der Waals surface area contributed by atoms with Gasteiger partial charge in [-0.05, 0) is 62.4 Å². The maximum absolute atomic E-state index is 12.7. The van der Waals surface area contributed by atoms with Gasteiger partial charge >= 0.3 is 0 Å². The van der Waals surface area contributed by atoms with Crippen LogP contribution in [0, 0.1) is 18.8 Å². The zero-order valence-corrected chi connectivity index (χ0v) is 20.4. The fourth-order valence-corrected chi connectivity index (χ4v) is 6.91. The van der Waals surface area contributed by atoms with Gasteiger partial charge in [0.1, 0.15) is 0 Å². The van der Waals surface area contributed by atoms with Gasteiger partial charge in [-0.2, -0.15) is 0 Å². The predicted molar refractivity (Wildman–Crippen MR) is 133 cm³/mol. The van der Waals surface area contributed by atoms with Crippen molar-refractivity contribution in [2.75, 3.05) is 57.3 Å². The number of nitrogens with one attached hydrogen (secondary N) is 1. The largest absolute Gasteiger partial charge is 0.369 e. The molecule has 4 heterocycles. The van der Waals surface area contributed by atoms with Crippen molar-refractivity contribution >= 4 is 15.7 Å². The summed E-state index contributed by atoms with van der Waals surface area (Å²) in [5.74, 6) is 1.41. The Morgan fingerprint density at radius 3 is 2.33 bits per heavy atom. The van der Waals surface area contributed by atoms with Crippen LogP contribution in [0.15, 0.2) is 59.5 Å². The minimum absolute atomic E-state index is 0.315. The molecule has 4 unspecified atom stereocenters. The lowest BCUT2D eigenvalue weighted by Crippen LogP contribution is -2.59. The Labute approximate surface area is 198 Å². The van der Waals surface area contributed by atoms with Crippen LogP contribution in [0.4, 0.5) is 5.69 Å². The number of fused-ring (bicyclic) bond motifs is 3. The number of piperazine rings is 1. The number of hydrogen-bond acceptors (Lipinski definition) is 5. The summed E-state index contributed by atoms with van der Waals surface area (Å²) >= 11 is 0. The van der Waals surface area contributed by atoms with E-state index in [0.717, 1.165) is 51.3 Å². The number of benzene rings is 2. The van der Waals surface area contributed by atoms with Gasteiger partial charge in [0, 0.05) is 57.5 Å². The molecule has 33 heavy (non-hydrogen) atoms. The summed E-state index contributed by atoms with van der Waals surface area (Å²) in [5.41, 5.74) is 2.40. The van der Waals surface area contributed by atoms with E-state index in [2.05, 4.69) is 49.8 Å². The Kier molecular flexibility index (Phi) is 6.74. The molecule has 6 nitrogen and oxygen atoms in total. The van der Waals surface area contributed by atoms with Crippen molar-refractivity contribution in [2.24, 2.45) is 11.8 Å². The second kappa shape index (κ2) is 9.74. The average Bonchev–Trinajstić information content (AvgIpc) is 2.85. The van der Waals surface area contributed by atoms with Crippen molar-refractivity contribution in [3.8, 4) is 0 Å². The standard InChI is InChI=1S/C26H36N4O2S/c1-21-7-9-26(10-8-21)33(31,32)27-18-25-17-22-11-12-30(25)20-23(22)19-28-13-15-29(16-14-28)24-5-3-2-4-6-24/h2-10,22-23,25,27H,11-20H2,1H3. The number of hydrogen-bond donors (Lipinski definition) is 1. The van der Waals surface area contributed by atoms with Gasteiger partial charge in [0.25, 0.3) is 0 Å². The van der Waals surface area contributed by atoms with Gasteiger partial charge in [-0.15, -0.1) is 0 Å². The highest BCUT2D eigenvalue weighted by Crippen LogP contribution is 2.36. The van der Waals surface area contributed by atoms with Crippen LogP contribution in [0.1, 0.15) is 18.4 Å². The molecule has 0 spiro atoms. The van der Waals surface area contributed by atoms with Crippen molar-refractivity contribution in [3.05, 3.63) is 60.2 Å². The SMILES string of the molecule is Cc1ccc(S(=O)(=O)NCC2CC3CCN2CC3CN2CCN(c3ccccc3)CC2)cc1. The first kappa shape index (κ1) is 22.8. The minimum atomic E-state index is -3.45. The van der Waals surface area contributed by atoms with E-state index in [1.54, 1.807) is 12.1 Å². The maximum Gasteiger partial charge on any atom is 0.240 e. The molecule has 2 bridgehead atoms. The van der Waals surface area contributed by atoms with Crippen LogP contribution in [-0.4, -0.2) is 76.6 Å². The summed E-state index contributed by atoms with van der Waals surface area (Å²) in [6.07, 6.45) is 2.35. The highest BCUT2D eigenvalue weighted by molar-refractivity contribution is 7.89. The molecule has 4 saturated heterocycles. The van der Waals surface area contributed by atoms with Crippen LogP contribution < -0.4 is 9.62 Å². The lowest BCUT2D eigenvalue weighted by atomic mass is 9.75. The molecule has 4 aliphatic heterocycles. The molecule has 2 aromatic carbocycles. The molecule has 4 fully saturated rings. The smallest absolute Gasteiger partial charge is 0.240 e. The van der Waals surface area contributed by atoms with Gasteiger partial charge < -0.3 is 4.90 Å². The normalized spacial score (nSPS) is 28.2. The van der Waals surface area contributed by atoms with Gasteiger partial charge in [-0.3, -0.25) is 9.80 Å². The first-order valence-corrected chi connectivity index (χ1v) is 13.8. The minimum Gasteiger partial charge on any atom is -0.369 e. The van der Waals surface area contributed by atoms with E-state index in [-0.39, 0.29) is 0 Å². The van der Waals surface area contributed by atoms with Crippen molar-refractivity contribution in [3.63, 3.8) is 0 Å². The molecule has 6 rings (SSSR count). The van der Waals surface area contributed by atoms with E-state index < -0.39 is 10.0 Å². The molecule has 0 amide bonds. The summed E-state index contributed by atoms with van der Waals surface area (Å²) in [6, 6.07) is 18.1. The van der Waals surface area contributed by atoms with Gasteiger partial charge in [-0.1, -0.05) is 35.9 Å². The Hall–Kier alpha value is -1.93. The molecular formula is C26H36N4O2S. The molecule has 0 saturated carbocycles. The third-order valence-corrected chi connectivity index (χ3v) is 9.28. The Morgan fingerprint density at radius 2 is 1.67 bits per heavy atom. The van der Waals surface area contributed by atoms with Crippen LogP contribution in [0.25, 0.3) is 0 Å². The monoisotopic (exact) mass is 468 g/mol. The fraction of sp³-hybridized carbons (Fsp3) is 0.538. The highest BCUT2D eigenvalue weighted by Gasteiger charge is 2.41. The number of nitrogens with zero attached hydrogens (tertiary/aromatic N) is 3. The second-order valence-corrected chi connectivity index (χ2v) is 11.7. The van der Waals surface area contributed by atoms with Gasteiger partial charge in [-0.25, -0.2) is 13.1 Å². The Bertz CT molecular complexity index is 1020. The summed E-state index contributed by atoms with van der Waals surface area (Å²) in [6.45, 7) is 10.3. The number of sulfonamides is 1. The molecule has 0 aliphatic carbocycles. The number of anilines is 1. The lowest BCUT2D eigenvalue weighted by Gasteiger charge is -2.51. The van der Waals surface area contributed by atoms with Crippen LogP contribution in [-0.2, 0) is 10.0 Å². The van der Waals surface area contributed by atoms with E-state index in [1.807, 2.05) is 19.1 Å². The van der Waals surface area contributed by atoms with Gasteiger partial charge in [0.05, 0.1) is 4.90 Å². The lowest BCUT2D eigenvalue weighted by molar-refractivity contribution is -0.0107. The van der Waals surface area contributed by atoms with E-state index in [4.69, 9.17) is 0 Å². The van der Waals surface area contributed by atoms with Crippen LogP contribution in [0.3, 0.4) is 0 Å². The van der Waals surface area contributed by atoms with E-state index in [9.17, 15) is 8.42 Å². The van der Waals surface area contributed by atoms with Crippen molar-refractivity contribution in [1.82, 2.24) is 14.5 Å². The molecule has 4 aliphatic rings. The molecular weight excluding hydrogens is 432 g/mol. The van der Waals surface area contributed by atoms with E-state index >= 15 is 0 Å². The second-order valence-electron chi connectivity index (χ2n) is 9.98. The van der Waals surface area contributed by atoms with Crippen molar-refractivity contribution in [1.29, 1.82) is 0 Å². The summed E-state index contributed by atoms with van der Waals surface area (Å²) < 4.78 is 28.3. The molecule has 0 aromatic heterocycles. The number of aryl methyl sites for hydroxylation is 1. The number of piperidine rings is 3. The summed E-state index contributed by atoms with van der Waals surface area (Å²) in [5, 5.41) is 0. The molecule has 2 aromatic rings. The van der Waals surface area contributed by atoms with Crippen molar-refractivity contribution < 1.29 is 8.42 Å². The fourth-order valence-electron chi connectivity index (χ4n) is 5.83. The van der Waals surface area contributed by atoms with Gasteiger partial charge in [0.15, 0.2) is 0 Å².